The number of hydrogen-bond donors (Lipinski definition) is 0. The Bertz CT molecular complexity index is 1040. The number of thioether (sulfide) groups is 1. The highest BCUT2D eigenvalue weighted by atomic mass is 35.5. The molecule has 0 N–H and O–H groups in total. The van der Waals surface area contributed by atoms with Gasteiger partial charge in [-0.1, -0.05) is 23.7 Å². The maximum Gasteiger partial charge on any atom is 0.384 e. The van der Waals surface area contributed by atoms with E-state index in [0.717, 1.165) is 38.6 Å². The number of nitrogens with zero attached hydrogens (tertiary/aromatic N) is 2. The molecule has 0 bridgehead atoms. The zero-order valence-electron chi connectivity index (χ0n) is 15.1. The predicted molar refractivity (Wildman–Crippen MR) is 105 cm³/mol. The maximum absolute atomic E-state index is 13.0. The van der Waals surface area contributed by atoms with Crippen molar-refractivity contribution in [2.45, 2.75) is 36.3 Å². The first kappa shape index (κ1) is 18.3. The quantitative estimate of drug-likeness (QED) is 0.274. The Hall–Kier alpha value is -1.74. The van der Waals surface area contributed by atoms with Gasteiger partial charge in [-0.15, -0.1) is 21.5 Å². The molecule has 1 atom stereocenters. The molecule has 0 radical (unpaired) electrons. The van der Waals surface area contributed by atoms with Gasteiger partial charge in [0.15, 0.2) is 0 Å². The number of halogens is 1. The van der Waals surface area contributed by atoms with Crippen LogP contribution in [0.15, 0.2) is 47.0 Å². The molecule has 0 saturated carbocycles. The van der Waals surface area contributed by atoms with E-state index in [0.29, 0.717) is 11.4 Å². The van der Waals surface area contributed by atoms with Crippen LogP contribution in [-0.4, -0.2) is 28.0 Å². The summed E-state index contributed by atoms with van der Waals surface area (Å²) in [6, 6.07) is 9.81. The molecule has 144 valence electrons. The average Bonchev–Trinajstić information content (AvgIpc) is 3.47. The van der Waals surface area contributed by atoms with E-state index in [-0.39, 0.29) is 13.0 Å². The molecule has 1 unspecified atom stereocenters. The molecule has 0 aliphatic carbocycles. The predicted octanol–water partition coefficient (Wildman–Crippen LogP) is 4.41. The van der Waals surface area contributed by atoms with Crippen molar-refractivity contribution in [1.29, 1.82) is 0 Å². The highest BCUT2D eigenvalue weighted by Crippen LogP contribution is 2.52. The van der Waals surface area contributed by atoms with Gasteiger partial charge >= 0.3 is 11.8 Å². The van der Waals surface area contributed by atoms with Gasteiger partial charge in [0.2, 0.25) is 0 Å². The van der Waals surface area contributed by atoms with Gasteiger partial charge in [-0.05, 0) is 34.9 Å². The third-order valence-electron chi connectivity index (χ3n) is 5.58. The number of carbonyl (C=O) groups is 1. The summed E-state index contributed by atoms with van der Waals surface area (Å²) in [5.41, 5.74) is 5.05. The first-order chi connectivity index (χ1) is 13.4. The first-order valence-electron chi connectivity index (χ1n) is 9.00. The number of piperidine rings is 1. The molecular formula is C20H17ClN2O4S. The fourth-order valence-electron chi connectivity index (χ4n) is 4.03. The van der Waals surface area contributed by atoms with E-state index in [1.807, 2.05) is 24.3 Å². The summed E-state index contributed by atoms with van der Waals surface area (Å²) in [4.78, 5) is 28.0. The van der Waals surface area contributed by atoms with Gasteiger partial charge < -0.3 is 5.21 Å². The fourth-order valence-corrected chi connectivity index (χ4v) is 5.35. The number of hydrogen-bond acceptors (Lipinski definition) is 6. The van der Waals surface area contributed by atoms with Crippen LogP contribution in [0.2, 0.25) is 5.02 Å². The number of hydroxylamine groups is 3. The molecule has 8 heteroatoms. The normalized spacial score (nSPS) is 27.7. The van der Waals surface area contributed by atoms with Gasteiger partial charge in [-0.3, -0.25) is 4.98 Å². The summed E-state index contributed by atoms with van der Waals surface area (Å²) in [6.45, 7) is 1.36. The van der Waals surface area contributed by atoms with E-state index in [1.165, 1.54) is 6.92 Å². The smallest absolute Gasteiger partial charge is 0.384 e. The van der Waals surface area contributed by atoms with Crippen molar-refractivity contribution < 1.29 is 19.2 Å². The van der Waals surface area contributed by atoms with E-state index < -0.39 is 16.5 Å². The Morgan fingerprint density at radius 3 is 2.93 bits per heavy atom. The van der Waals surface area contributed by atoms with Crippen LogP contribution >= 0.6 is 23.4 Å². The fraction of sp³-hybridized carbons (Fsp3) is 0.300. The largest absolute Gasteiger partial charge is 0.621 e. The van der Waals surface area contributed by atoms with Crippen LogP contribution in [0.5, 0.6) is 0 Å². The van der Waals surface area contributed by atoms with Crippen molar-refractivity contribution in [3.63, 3.8) is 0 Å². The lowest BCUT2D eigenvalue weighted by atomic mass is 9.88. The Labute approximate surface area is 171 Å². The topological polar surface area (TPSA) is 78.1 Å². The molecule has 6 nitrogen and oxygen atoms in total. The van der Waals surface area contributed by atoms with Crippen LogP contribution in [-0.2, 0) is 20.3 Å². The third-order valence-corrected chi connectivity index (χ3v) is 6.92. The maximum atomic E-state index is 13.0. The number of pyridine rings is 1. The molecule has 28 heavy (non-hydrogen) atoms. The van der Waals surface area contributed by atoms with Crippen molar-refractivity contribution in [1.82, 2.24) is 4.98 Å². The van der Waals surface area contributed by atoms with E-state index in [2.05, 4.69) is 11.1 Å². The van der Waals surface area contributed by atoms with Crippen molar-refractivity contribution in [2.75, 3.05) is 6.54 Å². The second-order valence-electron chi connectivity index (χ2n) is 7.21. The van der Waals surface area contributed by atoms with Gasteiger partial charge in [-0.25, -0.2) is 9.44 Å². The van der Waals surface area contributed by atoms with E-state index >= 15 is 0 Å². The van der Waals surface area contributed by atoms with Crippen LogP contribution < -0.4 is 0 Å². The van der Waals surface area contributed by atoms with Crippen LogP contribution in [0.25, 0.3) is 5.57 Å². The molecule has 3 aliphatic rings. The summed E-state index contributed by atoms with van der Waals surface area (Å²) in [7, 11) is 0. The minimum absolute atomic E-state index is 0.0758. The summed E-state index contributed by atoms with van der Waals surface area (Å²) in [6.07, 6.45) is 2.47. The molecule has 1 aromatic heterocycles. The first-order valence-corrected chi connectivity index (χ1v) is 10.4. The highest BCUT2D eigenvalue weighted by Gasteiger charge is 2.67. The Morgan fingerprint density at radius 2 is 2.18 bits per heavy atom. The summed E-state index contributed by atoms with van der Waals surface area (Å²) in [5, 5.41) is 13.7. The lowest BCUT2D eigenvalue weighted by Gasteiger charge is -2.44. The third kappa shape index (κ3) is 2.66. The molecule has 1 aromatic carbocycles. The van der Waals surface area contributed by atoms with E-state index in [9.17, 15) is 10.0 Å². The standard InChI is InChI=1S/C20H17ClN2O4S/c1-12(24)23(25)8-6-13(10-20(23)26-27-20)18-16-5-4-15(21)9-17(16)28-11-14-3-2-7-22-19(14)18/h2-5,7,9H,6,8,10-11H2,1H3. The number of carbonyl (C=O) groups excluding carboxylic acids is 1. The molecule has 3 aliphatic heterocycles. The van der Waals surface area contributed by atoms with Crippen LogP contribution in [0.3, 0.4) is 0 Å². The van der Waals surface area contributed by atoms with Gasteiger partial charge in [0.1, 0.15) is 0 Å². The summed E-state index contributed by atoms with van der Waals surface area (Å²) in [5.74, 6) is -1.20. The lowest BCUT2D eigenvalue weighted by molar-refractivity contribution is -0.867. The van der Waals surface area contributed by atoms with Crippen LogP contribution in [0, 0.1) is 5.21 Å². The molecule has 2 aromatic rings. The second kappa shape index (κ2) is 6.38. The molecule has 1 spiro atoms. The lowest BCUT2D eigenvalue weighted by Crippen LogP contribution is -2.59. The minimum atomic E-state index is -1.46. The number of fused-ring (bicyclic) bond motifs is 2. The van der Waals surface area contributed by atoms with Crippen molar-refractivity contribution in [3.8, 4) is 0 Å². The molecule has 2 saturated heterocycles. The number of benzene rings is 1. The average molecular weight is 417 g/mol. The van der Waals surface area contributed by atoms with Gasteiger partial charge in [-0.2, -0.15) is 0 Å². The van der Waals surface area contributed by atoms with Gasteiger partial charge in [0.05, 0.1) is 25.6 Å². The zero-order chi connectivity index (χ0) is 19.5. The molecule has 4 heterocycles. The monoisotopic (exact) mass is 416 g/mol. The molecular weight excluding hydrogens is 400 g/mol. The Balaban J connectivity index is 1.71. The van der Waals surface area contributed by atoms with Crippen LogP contribution in [0.1, 0.15) is 36.6 Å². The van der Waals surface area contributed by atoms with E-state index in [4.69, 9.17) is 21.4 Å². The molecule has 5 rings (SSSR count). The highest BCUT2D eigenvalue weighted by molar-refractivity contribution is 7.98. The Kier molecular flexibility index (Phi) is 4.17. The number of rotatable bonds is 0. The van der Waals surface area contributed by atoms with E-state index in [1.54, 1.807) is 18.0 Å². The molecule has 1 amide bonds. The molecule has 2 fully saturated rings. The van der Waals surface area contributed by atoms with Crippen LogP contribution in [0.4, 0.5) is 0 Å². The summed E-state index contributed by atoms with van der Waals surface area (Å²) >= 11 is 7.95. The van der Waals surface area contributed by atoms with Gasteiger partial charge in [0.25, 0.3) is 0 Å². The SMILES string of the molecule is CC(=O)[N+]1([O-])CCC(=C2c3ccc(Cl)cc3SCc3cccnc32)CC12OO2. The number of likely N-dealkylation sites (tertiary alicyclic amines) is 1. The summed E-state index contributed by atoms with van der Waals surface area (Å²) < 4.78 is -1.11. The number of quaternary nitrogens is 1. The van der Waals surface area contributed by atoms with Gasteiger partial charge in [0, 0.05) is 33.9 Å². The number of aromatic nitrogens is 1. The zero-order valence-corrected chi connectivity index (χ0v) is 16.7. The Morgan fingerprint density at radius 1 is 1.36 bits per heavy atom. The van der Waals surface area contributed by atoms with Crippen molar-refractivity contribution in [3.05, 3.63) is 69.2 Å². The number of amides is 1. The second-order valence-corrected chi connectivity index (χ2v) is 8.66. The van der Waals surface area contributed by atoms with Crippen molar-refractivity contribution >= 4 is 34.8 Å². The minimum Gasteiger partial charge on any atom is -0.621 e. The van der Waals surface area contributed by atoms with Crippen molar-refractivity contribution in [2.24, 2.45) is 0 Å².